The molecule has 1 aliphatic heterocycles. The minimum absolute atomic E-state index is 0.219. The zero-order valence-electron chi connectivity index (χ0n) is 14.9. The van der Waals surface area contributed by atoms with Gasteiger partial charge in [0, 0.05) is 18.4 Å². The zero-order valence-corrected chi connectivity index (χ0v) is 14.9. The van der Waals surface area contributed by atoms with Gasteiger partial charge >= 0.3 is 0 Å². The van der Waals surface area contributed by atoms with Gasteiger partial charge < -0.3 is 9.47 Å². The number of nitrogens with one attached hydrogen (secondary N) is 1. The van der Waals surface area contributed by atoms with Gasteiger partial charge in [-0.3, -0.25) is 14.8 Å². The van der Waals surface area contributed by atoms with Crippen molar-refractivity contribution in [2.24, 2.45) is 0 Å². The fraction of sp³-hybridized carbons (Fsp3) is 0.200. The molecule has 138 valence electrons. The number of nitrogens with zero attached hydrogens (tertiary/aromatic N) is 2. The number of fused-ring (bicyclic) bond motifs is 1. The van der Waals surface area contributed by atoms with Gasteiger partial charge in [0.25, 0.3) is 5.91 Å². The minimum atomic E-state index is -0.426. The van der Waals surface area contributed by atoms with Crippen LogP contribution in [0.3, 0.4) is 0 Å². The number of ether oxygens (including phenoxy) is 2. The van der Waals surface area contributed by atoms with E-state index in [-0.39, 0.29) is 11.7 Å². The number of amides is 1. The summed E-state index contributed by atoms with van der Waals surface area (Å²) in [6.07, 6.45) is 0. The molecule has 0 spiro atoms. The van der Waals surface area contributed by atoms with Crippen molar-refractivity contribution >= 4 is 11.6 Å². The summed E-state index contributed by atoms with van der Waals surface area (Å²) in [4.78, 5) is 14.8. The van der Waals surface area contributed by atoms with Crippen molar-refractivity contribution < 1.29 is 18.7 Å². The van der Waals surface area contributed by atoms with Crippen molar-refractivity contribution in [3.05, 3.63) is 76.9 Å². The average Bonchev–Trinajstić information content (AvgIpc) is 3.22. The second-order valence-electron chi connectivity index (χ2n) is 6.22. The van der Waals surface area contributed by atoms with Gasteiger partial charge in [0.1, 0.15) is 11.6 Å². The van der Waals surface area contributed by atoms with Crippen molar-refractivity contribution in [2.75, 3.05) is 19.1 Å². The van der Waals surface area contributed by atoms with E-state index in [1.807, 2.05) is 12.1 Å². The van der Waals surface area contributed by atoms with E-state index in [0.717, 1.165) is 16.8 Å². The summed E-state index contributed by atoms with van der Waals surface area (Å²) in [6, 6.07) is 12.9. The number of halogens is 1. The van der Waals surface area contributed by atoms with Gasteiger partial charge in [0.15, 0.2) is 5.69 Å². The third-order valence-corrected chi connectivity index (χ3v) is 4.66. The number of benzene rings is 2. The molecule has 7 heteroatoms. The van der Waals surface area contributed by atoms with Crippen LogP contribution in [0.5, 0.6) is 5.75 Å². The molecule has 0 saturated heterocycles. The Balaban J connectivity index is 1.86. The summed E-state index contributed by atoms with van der Waals surface area (Å²) in [7, 11) is 3.17. The Hall–Kier alpha value is -3.19. The largest absolute Gasteiger partial charge is 0.497 e. The van der Waals surface area contributed by atoms with E-state index in [4.69, 9.17) is 9.47 Å². The Kier molecular flexibility index (Phi) is 4.37. The minimum Gasteiger partial charge on any atom is -0.497 e. The van der Waals surface area contributed by atoms with Gasteiger partial charge in [0.2, 0.25) is 0 Å². The molecule has 1 N–H and O–H groups in total. The number of rotatable bonds is 5. The van der Waals surface area contributed by atoms with Crippen LogP contribution in [0.15, 0.2) is 48.5 Å². The van der Waals surface area contributed by atoms with Gasteiger partial charge in [0.05, 0.1) is 25.5 Å². The maximum absolute atomic E-state index is 13.5. The van der Waals surface area contributed by atoms with Crippen molar-refractivity contribution in [3.63, 3.8) is 0 Å². The van der Waals surface area contributed by atoms with E-state index < -0.39 is 6.04 Å². The molecule has 27 heavy (non-hydrogen) atoms. The molecule has 1 unspecified atom stereocenters. The van der Waals surface area contributed by atoms with Crippen molar-refractivity contribution in [3.8, 4) is 5.75 Å². The number of methoxy groups -OCH3 is 2. The molecule has 0 radical (unpaired) electrons. The maximum atomic E-state index is 13.5. The molecule has 3 aromatic rings. The molecule has 2 aromatic carbocycles. The highest BCUT2D eigenvalue weighted by molar-refractivity contribution is 6.10. The van der Waals surface area contributed by atoms with E-state index in [1.54, 1.807) is 43.4 Å². The monoisotopic (exact) mass is 367 g/mol. The number of aromatic amines is 1. The maximum Gasteiger partial charge on any atom is 0.280 e. The standard InChI is InChI=1S/C20H18FN3O3/c1-26-11-16-17-18(23-22-16)20(25)24(14-7-9-15(27-2)10-8-14)19(17)12-3-5-13(21)6-4-12/h3-10,19H,11H2,1-2H3,(H,22,23). The zero-order chi connectivity index (χ0) is 19.0. The molecular weight excluding hydrogens is 349 g/mol. The van der Waals surface area contributed by atoms with Gasteiger partial charge in [-0.1, -0.05) is 12.1 Å². The average molecular weight is 367 g/mol. The quantitative estimate of drug-likeness (QED) is 0.750. The number of H-pyrrole nitrogens is 1. The van der Waals surface area contributed by atoms with E-state index in [1.165, 1.54) is 12.1 Å². The highest BCUT2D eigenvalue weighted by atomic mass is 19.1. The molecule has 6 nitrogen and oxygen atoms in total. The summed E-state index contributed by atoms with van der Waals surface area (Å²) >= 11 is 0. The third-order valence-electron chi connectivity index (χ3n) is 4.66. The number of aromatic nitrogens is 2. The number of anilines is 1. The Morgan fingerprint density at radius 2 is 1.81 bits per heavy atom. The molecule has 0 aliphatic carbocycles. The lowest BCUT2D eigenvalue weighted by Crippen LogP contribution is -2.29. The Morgan fingerprint density at radius 1 is 1.11 bits per heavy atom. The van der Waals surface area contributed by atoms with Crippen molar-refractivity contribution in [1.82, 2.24) is 10.2 Å². The molecule has 1 amide bonds. The first kappa shape index (κ1) is 17.2. The van der Waals surface area contributed by atoms with Crippen molar-refractivity contribution in [1.29, 1.82) is 0 Å². The predicted molar refractivity (Wildman–Crippen MR) is 97.3 cm³/mol. The lowest BCUT2D eigenvalue weighted by molar-refractivity contribution is 0.0988. The van der Waals surface area contributed by atoms with Crippen LogP contribution in [0.4, 0.5) is 10.1 Å². The Morgan fingerprint density at radius 3 is 2.44 bits per heavy atom. The number of carbonyl (C=O) groups excluding carboxylic acids is 1. The van der Waals surface area contributed by atoms with E-state index in [9.17, 15) is 9.18 Å². The topological polar surface area (TPSA) is 67.4 Å². The highest BCUT2D eigenvalue weighted by Gasteiger charge is 2.43. The SMILES string of the molecule is COCc1[nH]nc2c1C(c1ccc(F)cc1)N(c1ccc(OC)cc1)C2=O. The van der Waals surface area contributed by atoms with Crippen LogP contribution >= 0.6 is 0 Å². The predicted octanol–water partition coefficient (Wildman–Crippen LogP) is 3.45. The first-order chi connectivity index (χ1) is 13.1. The van der Waals surface area contributed by atoms with Crippen LogP contribution in [0.1, 0.15) is 33.4 Å². The molecule has 1 aliphatic rings. The molecule has 1 atom stereocenters. The van der Waals surface area contributed by atoms with Gasteiger partial charge in [-0.15, -0.1) is 0 Å². The molecule has 4 rings (SSSR count). The molecule has 2 heterocycles. The number of carbonyl (C=O) groups is 1. The van der Waals surface area contributed by atoms with Crippen LogP contribution in [0, 0.1) is 5.82 Å². The van der Waals surface area contributed by atoms with Crippen LogP contribution in [-0.4, -0.2) is 30.3 Å². The van der Waals surface area contributed by atoms with E-state index in [0.29, 0.717) is 23.7 Å². The fourth-order valence-corrected chi connectivity index (χ4v) is 3.43. The van der Waals surface area contributed by atoms with Crippen LogP contribution < -0.4 is 9.64 Å². The number of hydrogen-bond donors (Lipinski definition) is 1. The van der Waals surface area contributed by atoms with Gasteiger partial charge in [-0.05, 0) is 42.0 Å². The normalized spacial score (nSPS) is 15.9. The molecular formula is C20H18FN3O3. The summed E-state index contributed by atoms with van der Waals surface area (Å²) in [5.74, 6) is 0.147. The fourth-order valence-electron chi connectivity index (χ4n) is 3.43. The number of hydrogen-bond acceptors (Lipinski definition) is 4. The second-order valence-corrected chi connectivity index (χ2v) is 6.22. The van der Waals surface area contributed by atoms with Crippen molar-refractivity contribution in [2.45, 2.75) is 12.6 Å². The van der Waals surface area contributed by atoms with Crippen LogP contribution in [0.25, 0.3) is 0 Å². The third kappa shape index (κ3) is 2.86. The molecule has 0 bridgehead atoms. The van der Waals surface area contributed by atoms with Gasteiger partial charge in [-0.2, -0.15) is 5.10 Å². The summed E-state index contributed by atoms with van der Waals surface area (Å²) in [5, 5.41) is 7.10. The van der Waals surface area contributed by atoms with Crippen LogP contribution in [0.2, 0.25) is 0 Å². The lowest BCUT2D eigenvalue weighted by Gasteiger charge is -2.26. The van der Waals surface area contributed by atoms with E-state index >= 15 is 0 Å². The lowest BCUT2D eigenvalue weighted by atomic mass is 9.98. The van der Waals surface area contributed by atoms with E-state index in [2.05, 4.69) is 10.2 Å². The second kappa shape index (κ2) is 6.85. The summed E-state index contributed by atoms with van der Waals surface area (Å²) in [6.45, 7) is 0.295. The smallest absolute Gasteiger partial charge is 0.280 e. The first-order valence-corrected chi connectivity index (χ1v) is 8.43. The summed E-state index contributed by atoms with van der Waals surface area (Å²) in [5.41, 5.74) is 3.33. The van der Waals surface area contributed by atoms with Crippen LogP contribution in [-0.2, 0) is 11.3 Å². The first-order valence-electron chi connectivity index (χ1n) is 8.43. The summed E-state index contributed by atoms with van der Waals surface area (Å²) < 4.78 is 23.9. The molecule has 0 fully saturated rings. The Bertz CT molecular complexity index is 967. The highest BCUT2D eigenvalue weighted by Crippen LogP contribution is 2.42. The molecule has 0 saturated carbocycles. The molecule has 1 aromatic heterocycles. The Labute approximate surface area is 155 Å². The van der Waals surface area contributed by atoms with Gasteiger partial charge in [-0.25, -0.2) is 4.39 Å².